The fourth-order valence-electron chi connectivity index (χ4n) is 4.30. The van der Waals surface area contributed by atoms with Crippen LogP contribution in [0.5, 0.6) is 0 Å². The van der Waals surface area contributed by atoms with Crippen molar-refractivity contribution in [2.24, 2.45) is 0 Å². The average molecular weight is 497 g/mol. The molecular weight excluding hydrogens is 460 g/mol. The van der Waals surface area contributed by atoms with Crippen molar-refractivity contribution in [3.8, 4) is 0 Å². The first-order chi connectivity index (χ1) is 17.5. The third kappa shape index (κ3) is 8.35. The molecule has 9 heteroatoms. The van der Waals surface area contributed by atoms with Crippen LogP contribution in [0, 0.1) is 0 Å². The van der Waals surface area contributed by atoms with Gasteiger partial charge in [0.15, 0.2) is 0 Å². The number of para-hydroxylation sites is 1. The van der Waals surface area contributed by atoms with Crippen molar-refractivity contribution in [3.63, 3.8) is 0 Å². The molecule has 2 atom stereocenters. The molecule has 2 aromatic rings. The number of nitrogens with one attached hydrogen (secondary N) is 4. The Morgan fingerprint density at radius 3 is 2.61 bits per heavy atom. The van der Waals surface area contributed by atoms with Crippen molar-refractivity contribution in [2.45, 2.75) is 50.7 Å². The van der Waals surface area contributed by atoms with Crippen LogP contribution in [0.15, 0.2) is 48.5 Å². The molecule has 1 heterocycles. The van der Waals surface area contributed by atoms with Gasteiger partial charge in [-0.1, -0.05) is 48.5 Å². The standard InChI is InChI=1S/C27H36N4O5/c1-36-18-23(26(34)30-17-21-12-5-11-20-13-7-15-29-25(20)21)31-27(35)22(16-24(32)33)28-14-6-10-19-8-3-2-4-9-19/h2-5,8-9,11-12,22-23,28-29H,6-7,10,13-18H2,1H3,(H,30,34)(H,31,35)(H,32,33)/t22-,23-/m0/s1. The monoisotopic (exact) mass is 496 g/mol. The van der Waals surface area contributed by atoms with E-state index < -0.39 is 29.9 Å². The summed E-state index contributed by atoms with van der Waals surface area (Å²) in [6.07, 6.45) is 3.23. The van der Waals surface area contributed by atoms with Gasteiger partial charge in [-0.2, -0.15) is 0 Å². The van der Waals surface area contributed by atoms with Crippen LogP contribution in [0.3, 0.4) is 0 Å². The maximum absolute atomic E-state index is 12.9. The van der Waals surface area contributed by atoms with Gasteiger partial charge in [-0.25, -0.2) is 0 Å². The normalized spacial score (nSPS) is 14.1. The van der Waals surface area contributed by atoms with Crippen molar-refractivity contribution in [3.05, 3.63) is 65.2 Å². The number of benzene rings is 2. The van der Waals surface area contributed by atoms with Crippen molar-refractivity contribution in [1.29, 1.82) is 0 Å². The minimum absolute atomic E-state index is 0.0312. The molecule has 3 rings (SSSR count). The Labute approximate surface area is 212 Å². The lowest BCUT2D eigenvalue weighted by molar-refractivity contribution is -0.140. The summed E-state index contributed by atoms with van der Waals surface area (Å²) in [6.45, 7) is 1.63. The molecule has 1 aliphatic rings. The predicted octanol–water partition coefficient (Wildman–Crippen LogP) is 1.86. The third-order valence-corrected chi connectivity index (χ3v) is 6.15. The molecule has 0 unspecified atom stereocenters. The van der Waals surface area contributed by atoms with Gasteiger partial charge in [0.25, 0.3) is 0 Å². The summed E-state index contributed by atoms with van der Waals surface area (Å²) in [5, 5.41) is 21.3. The summed E-state index contributed by atoms with van der Waals surface area (Å²) in [5.74, 6) is -2.04. The van der Waals surface area contributed by atoms with Crippen molar-refractivity contribution >= 4 is 23.5 Å². The number of carbonyl (C=O) groups excluding carboxylic acids is 2. The third-order valence-electron chi connectivity index (χ3n) is 6.15. The lowest BCUT2D eigenvalue weighted by atomic mass is 9.99. The van der Waals surface area contributed by atoms with Crippen LogP contribution in [-0.2, 0) is 38.5 Å². The highest BCUT2D eigenvalue weighted by Crippen LogP contribution is 2.25. The Kier molecular flexibility index (Phi) is 10.7. The maximum Gasteiger partial charge on any atom is 0.305 e. The number of amides is 2. The molecule has 9 nitrogen and oxygen atoms in total. The number of aryl methyl sites for hydroxylation is 2. The molecule has 0 spiro atoms. The van der Waals surface area contributed by atoms with Gasteiger partial charge in [0.05, 0.1) is 19.1 Å². The highest BCUT2D eigenvalue weighted by atomic mass is 16.5. The van der Waals surface area contributed by atoms with E-state index in [0.29, 0.717) is 13.1 Å². The van der Waals surface area contributed by atoms with Crippen LogP contribution in [0.2, 0.25) is 0 Å². The smallest absolute Gasteiger partial charge is 0.305 e. The van der Waals surface area contributed by atoms with Gasteiger partial charge in [-0.3, -0.25) is 14.4 Å². The molecule has 0 bridgehead atoms. The number of hydrogen-bond donors (Lipinski definition) is 5. The van der Waals surface area contributed by atoms with Gasteiger partial charge in [-0.05, 0) is 48.9 Å². The summed E-state index contributed by atoms with van der Waals surface area (Å²) in [5.41, 5.74) is 4.43. The summed E-state index contributed by atoms with van der Waals surface area (Å²) >= 11 is 0. The fraction of sp³-hybridized carbons (Fsp3) is 0.444. The quantitative estimate of drug-likeness (QED) is 0.253. The van der Waals surface area contributed by atoms with E-state index in [2.05, 4.69) is 27.3 Å². The average Bonchev–Trinajstić information content (AvgIpc) is 2.89. The fourth-order valence-corrected chi connectivity index (χ4v) is 4.30. The van der Waals surface area contributed by atoms with E-state index in [9.17, 15) is 19.5 Å². The molecule has 2 aromatic carbocycles. The molecule has 0 aliphatic carbocycles. The van der Waals surface area contributed by atoms with E-state index in [1.165, 1.54) is 18.2 Å². The SMILES string of the molecule is COC[C@H](NC(=O)[C@H](CC(=O)O)NCCCc1ccccc1)C(=O)NCc1cccc2c1NCCC2. The number of ether oxygens (including phenoxy) is 1. The van der Waals surface area contributed by atoms with Gasteiger partial charge in [0.2, 0.25) is 11.8 Å². The highest BCUT2D eigenvalue weighted by Gasteiger charge is 2.27. The van der Waals surface area contributed by atoms with E-state index in [-0.39, 0.29) is 13.0 Å². The van der Waals surface area contributed by atoms with E-state index in [1.54, 1.807) is 0 Å². The molecule has 0 saturated carbocycles. The Balaban J connectivity index is 1.55. The van der Waals surface area contributed by atoms with Crippen molar-refractivity contribution in [1.82, 2.24) is 16.0 Å². The van der Waals surface area contributed by atoms with E-state index in [1.807, 2.05) is 42.5 Å². The number of methoxy groups -OCH3 is 1. The largest absolute Gasteiger partial charge is 0.481 e. The van der Waals surface area contributed by atoms with Crippen LogP contribution < -0.4 is 21.3 Å². The Morgan fingerprint density at radius 1 is 1.06 bits per heavy atom. The highest BCUT2D eigenvalue weighted by molar-refractivity contribution is 5.91. The van der Waals surface area contributed by atoms with Gasteiger partial charge < -0.3 is 31.1 Å². The first-order valence-electron chi connectivity index (χ1n) is 12.4. The Hall–Kier alpha value is -3.43. The number of hydrogen-bond acceptors (Lipinski definition) is 6. The second-order valence-corrected chi connectivity index (χ2v) is 8.91. The van der Waals surface area contributed by atoms with Crippen LogP contribution >= 0.6 is 0 Å². The summed E-state index contributed by atoms with van der Waals surface area (Å²) < 4.78 is 5.15. The molecule has 0 aromatic heterocycles. The number of rotatable bonds is 14. The van der Waals surface area contributed by atoms with E-state index in [4.69, 9.17) is 4.74 Å². The Morgan fingerprint density at radius 2 is 1.86 bits per heavy atom. The van der Waals surface area contributed by atoms with Crippen LogP contribution in [0.4, 0.5) is 5.69 Å². The molecule has 0 radical (unpaired) electrons. The second kappa shape index (κ2) is 14.2. The number of anilines is 1. The maximum atomic E-state index is 12.9. The topological polar surface area (TPSA) is 129 Å². The predicted molar refractivity (Wildman–Crippen MR) is 138 cm³/mol. The summed E-state index contributed by atoms with van der Waals surface area (Å²) in [6, 6.07) is 14.0. The molecule has 0 saturated heterocycles. The van der Waals surface area contributed by atoms with E-state index >= 15 is 0 Å². The zero-order valence-electron chi connectivity index (χ0n) is 20.7. The van der Waals surface area contributed by atoms with Gasteiger partial charge in [0, 0.05) is 25.9 Å². The minimum atomic E-state index is -1.10. The van der Waals surface area contributed by atoms with Crippen LogP contribution in [0.25, 0.3) is 0 Å². The van der Waals surface area contributed by atoms with Gasteiger partial charge >= 0.3 is 5.97 Å². The minimum Gasteiger partial charge on any atom is -0.481 e. The van der Waals surface area contributed by atoms with Gasteiger partial charge in [0.1, 0.15) is 6.04 Å². The zero-order valence-corrected chi connectivity index (χ0v) is 20.7. The zero-order chi connectivity index (χ0) is 25.8. The van der Waals surface area contributed by atoms with Crippen molar-refractivity contribution in [2.75, 3.05) is 32.1 Å². The van der Waals surface area contributed by atoms with E-state index in [0.717, 1.165) is 43.5 Å². The number of carboxylic acid groups (broad SMARTS) is 1. The number of carbonyl (C=O) groups is 3. The molecule has 36 heavy (non-hydrogen) atoms. The lowest BCUT2D eigenvalue weighted by Crippen LogP contribution is -2.54. The molecular formula is C27H36N4O5. The first kappa shape index (κ1) is 27.2. The molecule has 1 aliphatic heterocycles. The number of fused-ring (bicyclic) bond motifs is 1. The summed E-state index contributed by atoms with van der Waals surface area (Å²) in [7, 11) is 1.44. The van der Waals surface area contributed by atoms with Crippen LogP contribution in [-0.4, -0.2) is 61.8 Å². The number of aliphatic carboxylic acids is 1. The second-order valence-electron chi connectivity index (χ2n) is 8.91. The molecule has 0 fully saturated rings. The first-order valence-corrected chi connectivity index (χ1v) is 12.4. The Bertz CT molecular complexity index is 1010. The van der Waals surface area contributed by atoms with Crippen molar-refractivity contribution < 1.29 is 24.2 Å². The molecule has 194 valence electrons. The molecule has 2 amide bonds. The summed E-state index contributed by atoms with van der Waals surface area (Å²) in [4.78, 5) is 37.2. The lowest BCUT2D eigenvalue weighted by Gasteiger charge is -2.24. The van der Waals surface area contributed by atoms with Crippen LogP contribution in [0.1, 0.15) is 36.0 Å². The number of carboxylic acids is 1. The molecule has 5 N–H and O–H groups in total. The van der Waals surface area contributed by atoms with Gasteiger partial charge in [-0.15, -0.1) is 0 Å².